The molecule has 2 rings (SSSR count). The van der Waals surface area contributed by atoms with E-state index in [0.29, 0.717) is 12.1 Å². The van der Waals surface area contributed by atoms with Gasteiger partial charge in [0.25, 0.3) is 0 Å². The lowest BCUT2D eigenvalue weighted by molar-refractivity contribution is 0.583. The van der Waals surface area contributed by atoms with Crippen LogP contribution in [0.1, 0.15) is 11.1 Å². The molecular weight excluding hydrogens is 334 g/mol. The van der Waals surface area contributed by atoms with Gasteiger partial charge in [-0.1, -0.05) is 12.1 Å². The number of benzene rings is 1. The minimum Gasteiger partial charge on any atom is -0.384 e. The largest absolute Gasteiger partial charge is 0.384 e. The lowest BCUT2D eigenvalue weighted by Gasteiger charge is -2.07. The smallest absolute Gasteiger partial charge is 0.139 e. The van der Waals surface area contributed by atoms with Crippen molar-refractivity contribution in [1.82, 2.24) is 9.78 Å². The number of hydrogen-bond acceptors (Lipinski definition) is 2. The molecule has 0 unspecified atom stereocenters. The van der Waals surface area contributed by atoms with E-state index in [1.807, 2.05) is 6.20 Å². The van der Waals surface area contributed by atoms with Gasteiger partial charge in [0.1, 0.15) is 11.7 Å². The molecule has 2 aromatic rings. The molecule has 0 radical (unpaired) electrons. The van der Waals surface area contributed by atoms with Crippen LogP contribution in [0, 0.1) is 14.8 Å². The summed E-state index contributed by atoms with van der Waals surface area (Å²) in [5.41, 5.74) is 5.90. The summed E-state index contributed by atoms with van der Waals surface area (Å²) >= 11 is 2.14. The number of aromatic nitrogens is 2. The van der Waals surface area contributed by atoms with E-state index in [2.05, 4.69) is 27.7 Å². The fourth-order valence-corrected chi connectivity index (χ4v) is 1.96. The summed E-state index contributed by atoms with van der Waals surface area (Å²) in [5.74, 6) is -0.718. The van der Waals surface area contributed by atoms with E-state index < -0.39 is 5.82 Å². The van der Waals surface area contributed by atoms with Crippen molar-refractivity contribution in [2.75, 3.05) is 0 Å². The highest BCUT2D eigenvalue weighted by Gasteiger charge is 2.10. The Morgan fingerprint density at radius 3 is 2.88 bits per heavy atom. The van der Waals surface area contributed by atoms with Crippen LogP contribution in [0.5, 0.6) is 0 Å². The maximum atomic E-state index is 14.0. The number of halogens is 2. The number of nitrogens with two attached hydrogens (primary N) is 1. The van der Waals surface area contributed by atoms with Crippen molar-refractivity contribution >= 4 is 28.4 Å². The Bertz CT molecular complexity index is 564. The Hall–Kier alpha value is -1.44. The van der Waals surface area contributed by atoms with Gasteiger partial charge < -0.3 is 5.73 Å². The van der Waals surface area contributed by atoms with Gasteiger partial charge in [-0.2, -0.15) is 5.10 Å². The standard InChI is InChI=1S/C11H10FIN4/c12-10-7(2-1-3-9(10)11(14)15)5-17-6-8(13)4-16-17/h1-4,6H,5H2,(H3,14,15). The molecule has 17 heavy (non-hydrogen) atoms. The van der Waals surface area contributed by atoms with Crippen LogP contribution < -0.4 is 5.73 Å². The summed E-state index contributed by atoms with van der Waals surface area (Å²) in [6.45, 7) is 0.329. The third-order valence-corrected chi connectivity index (χ3v) is 2.86. The second-order valence-corrected chi connectivity index (χ2v) is 4.79. The van der Waals surface area contributed by atoms with Crippen LogP contribution in [0.3, 0.4) is 0 Å². The Balaban J connectivity index is 2.33. The van der Waals surface area contributed by atoms with Gasteiger partial charge in [-0.3, -0.25) is 10.1 Å². The first-order valence-electron chi connectivity index (χ1n) is 4.87. The number of rotatable bonds is 3. The topological polar surface area (TPSA) is 67.7 Å². The van der Waals surface area contributed by atoms with Crippen LogP contribution in [0.2, 0.25) is 0 Å². The Morgan fingerprint density at radius 2 is 2.29 bits per heavy atom. The Morgan fingerprint density at radius 1 is 1.53 bits per heavy atom. The summed E-state index contributed by atoms with van der Waals surface area (Å²) in [7, 11) is 0. The molecule has 1 aromatic heterocycles. The maximum absolute atomic E-state index is 14.0. The second kappa shape index (κ2) is 4.82. The molecule has 0 aliphatic carbocycles. The van der Waals surface area contributed by atoms with Crippen LogP contribution in [0.4, 0.5) is 4.39 Å². The minimum absolute atomic E-state index is 0.129. The van der Waals surface area contributed by atoms with Crippen LogP contribution in [0.15, 0.2) is 30.6 Å². The van der Waals surface area contributed by atoms with Crippen LogP contribution in [0.25, 0.3) is 0 Å². The average Bonchev–Trinajstić information content (AvgIpc) is 2.67. The number of nitrogens with zero attached hydrogens (tertiary/aromatic N) is 2. The van der Waals surface area contributed by atoms with E-state index in [9.17, 15) is 4.39 Å². The van der Waals surface area contributed by atoms with Crippen molar-refractivity contribution in [2.24, 2.45) is 5.73 Å². The molecule has 0 saturated carbocycles. The summed E-state index contributed by atoms with van der Waals surface area (Å²) in [4.78, 5) is 0. The van der Waals surface area contributed by atoms with E-state index >= 15 is 0 Å². The third-order valence-electron chi connectivity index (χ3n) is 2.30. The molecule has 88 valence electrons. The van der Waals surface area contributed by atoms with Gasteiger partial charge in [0.15, 0.2) is 0 Å². The predicted octanol–water partition coefficient (Wildman–Crippen LogP) is 1.96. The van der Waals surface area contributed by atoms with Crippen molar-refractivity contribution < 1.29 is 4.39 Å². The lowest BCUT2D eigenvalue weighted by Crippen LogP contribution is -2.15. The molecule has 0 amide bonds. The molecule has 0 spiro atoms. The molecule has 1 aromatic carbocycles. The molecular formula is C11H10FIN4. The quantitative estimate of drug-likeness (QED) is 0.508. The van der Waals surface area contributed by atoms with Crippen molar-refractivity contribution in [1.29, 1.82) is 5.41 Å². The van der Waals surface area contributed by atoms with Crippen molar-refractivity contribution in [3.63, 3.8) is 0 Å². The zero-order chi connectivity index (χ0) is 12.4. The highest BCUT2D eigenvalue weighted by Crippen LogP contribution is 2.14. The van der Waals surface area contributed by atoms with E-state index in [1.54, 1.807) is 23.0 Å². The summed E-state index contributed by atoms with van der Waals surface area (Å²) < 4.78 is 16.6. The molecule has 0 saturated heterocycles. The predicted molar refractivity (Wildman–Crippen MR) is 71.5 cm³/mol. The third kappa shape index (κ3) is 2.63. The monoisotopic (exact) mass is 344 g/mol. The maximum Gasteiger partial charge on any atom is 0.139 e. The average molecular weight is 344 g/mol. The molecule has 1 heterocycles. The molecule has 4 nitrogen and oxygen atoms in total. The van der Waals surface area contributed by atoms with Gasteiger partial charge in [0.2, 0.25) is 0 Å². The van der Waals surface area contributed by atoms with Gasteiger partial charge >= 0.3 is 0 Å². The first kappa shape index (κ1) is 12.0. The van der Waals surface area contributed by atoms with Gasteiger partial charge in [0.05, 0.1) is 21.9 Å². The minimum atomic E-state index is -0.453. The summed E-state index contributed by atoms with van der Waals surface area (Å²) in [5, 5.41) is 11.4. The fourth-order valence-electron chi connectivity index (χ4n) is 1.51. The number of nitrogen functional groups attached to an aromatic ring is 1. The molecule has 0 bridgehead atoms. The van der Waals surface area contributed by atoms with Crippen molar-refractivity contribution in [2.45, 2.75) is 6.54 Å². The van der Waals surface area contributed by atoms with Crippen LogP contribution in [-0.4, -0.2) is 15.6 Å². The van der Waals surface area contributed by atoms with E-state index in [1.165, 1.54) is 6.07 Å². The molecule has 0 aliphatic rings. The van der Waals surface area contributed by atoms with E-state index in [4.69, 9.17) is 11.1 Å². The summed E-state index contributed by atoms with van der Waals surface area (Å²) in [6, 6.07) is 4.84. The van der Waals surface area contributed by atoms with Crippen LogP contribution >= 0.6 is 22.6 Å². The zero-order valence-electron chi connectivity index (χ0n) is 8.82. The Kier molecular flexibility index (Phi) is 3.41. The SMILES string of the molecule is N=C(N)c1cccc(Cn2cc(I)cn2)c1F. The van der Waals surface area contributed by atoms with Gasteiger partial charge in [0, 0.05) is 11.8 Å². The molecule has 0 aliphatic heterocycles. The van der Waals surface area contributed by atoms with Crippen molar-refractivity contribution in [3.8, 4) is 0 Å². The molecule has 3 N–H and O–H groups in total. The van der Waals surface area contributed by atoms with Crippen molar-refractivity contribution in [3.05, 3.63) is 51.1 Å². The number of amidine groups is 1. The number of nitrogens with one attached hydrogen (secondary N) is 1. The fraction of sp³-hybridized carbons (Fsp3) is 0.0909. The van der Waals surface area contributed by atoms with Crippen LogP contribution in [-0.2, 0) is 6.54 Å². The first-order chi connectivity index (χ1) is 8.08. The highest BCUT2D eigenvalue weighted by atomic mass is 127. The molecule has 0 fully saturated rings. The van der Waals surface area contributed by atoms with Gasteiger partial charge in [-0.15, -0.1) is 0 Å². The highest BCUT2D eigenvalue weighted by molar-refractivity contribution is 14.1. The normalized spacial score (nSPS) is 10.5. The van der Waals surface area contributed by atoms with E-state index in [-0.39, 0.29) is 11.4 Å². The zero-order valence-corrected chi connectivity index (χ0v) is 11.0. The van der Waals surface area contributed by atoms with Gasteiger partial charge in [-0.25, -0.2) is 4.39 Å². The van der Waals surface area contributed by atoms with E-state index in [0.717, 1.165) is 3.57 Å². The Labute approximate surface area is 111 Å². The number of hydrogen-bond donors (Lipinski definition) is 2. The second-order valence-electron chi connectivity index (χ2n) is 3.55. The first-order valence-corrected chi connectivity index (χ1v) is 5.95. The molecule has 0 atom stereocenters. The summed E-state index contributed by atoms with van der Waals surface area (Å²) in [6.07, 6.45) is 3.52. The lowest BCUT2D eigenvalue weighted by atomic mass is 10.1. The van der Waals surface area contributed by atoms with Gasteiger partial charge in [-0.05, 0) is 28.7 Å². The molecule has 6 heteroatoms.